The topological polar surface area (TPSA) is 63.2 Å². The van der Waals surface area contributed by atoms with Crippen LogP contribution in [0.15, 0.2) is 35.1 Å². The first-order chi connectivity index (χ1) is 18.1. The minimum atomic E-state index is -4.80. The van der Waals surface area contributed by atoms with Crippen molar-refractivity contribution in [2.45, 2.75) is 31.4 Å². The third-order valence-electron chi connectivity index (χ3n) is 7.60. The summed E-state index contributed by atoms with van der Waals surface area (Å²) in [5, 5.41) is 0. The smallest absolute Gasteiger partial charge is 0.381 e. The van der Waals surface area contributed by atoms with Crippen molar-refractivity contribution < 1.29 is 27.0 Å². The number of ether oxygens (including phenoxy) is 2. The van der Waals surface area contributed by atoms with Gasteiger partial charge in [0.2, 0.25) is 5.82 Å². The van der Waals surface area contributed by atoms with Crippen LogP contribution in [0, 0.1) is 5.82 Å². The molecule has 0 amide bonds. The van der Waals surface area contributed by atoms with Crippen LogP contribution in [0.1, 0.15) is 42.1 Å². The second kappa shape index (κ2) is 9.09. The molecule has 2 aliphatic rings. The van der Waals surface area contributed by atoms with Crippen LogP contribution in [0.2, 0.25) is 0 Å². The highest BCUT2D eigenvalue weighted by Gasteiger charge is 2.39. The van der Waals surface area contributed by atoms with Gasteiger partial charge in [0.1, 0.15) is 5.82 Å². The van der Waals surface area contributed by atoms with E-state index in [9.17, 15) is 18.0 Å². The quantitative estimate of drug-likeness (QED) is 0.347. The van der Waals surface area contributed by atoms with Gasteiger partial charge in [-0.25, -0.2) is 14.2 Å². The van der Waals surface area contributed by atoms with E-state index in [0.29, 0.717) is 62.3 Å². The number of hydrogen-bond donors (Lipinski definition) is 0. The van der Waals surface area contributed by atoms with Crippen LogP contribution in [0.3, 0.4) is 0 Å². The maximum Gasteiger partial charge on any atom is 0.450 e. The van der Waals surface area contributed by atoms with E-state index >= 15 is 4.39 Å². The SMILES string of the molecule is Cn1c(=O)n(C)c2c(C3CCOCC3)cc(-n3c(C(F)(F)F)nc4cc(C5=CCOCC5)c(F)cc43)cc21. The summed E-state index contributed by atoms with van der Waals surface area (Å²) >= 11 is 0. The molecule has 0 unspecified atom stereocenters. The first-order valence-corrected chi connectivity index (χ1v) is 12.5. The van der Waals surface area contributed by atoms with Crippen LogP contribution >= 0.6 is 0 Å². The van der Waals surface area contributed by atoms with Gasteiger partial charge < -0.3 is 9.47 Å². The minimum Gasteiger partial charge on any atom is -0.381 e. The highest BCUT2D eigenvalue weighted by molar-refractivity contribution is 5.87. The lowest BCUT2D eigenvalue weighted by molar-refractivity contribution is -0.145. The van der Waals surface area contributed by atoms with Crippen LogP contribution in [0.25, 0.3) is 33.3 Å². The number of aryl methyl sites for hydroxylation is 2. The van der Waals surface area contributed by atoms with Crippen LogP contribution in [-0.4, -0.2) is 45.1 Å². The highest BCUT2D eigenvalue weighted by atomic mass is 19.4. The zero-order chi connectivity index (χ0) is 26.8. The van der Waals surface area contributed by atoms with Gasteiger partial charge in [0.25, 0.3) is 0 Å². The van der Waals surface area contributed by atoms with Crippen LogP contribution < -0.4 is 5.69 Å². The predicted molar refractivity (Wildman–Crippen MR) is 134 cm³/mol. The Hall–Kier alpha value is -3.44. The molecule has 0 N–H and O–H groups in total. The van der Waals surface area contributed by atoms with Crippen molar-refractivity contribution >= 4 is 27.6 Å². The minimum absolute atomic E-state index is 0.00411. The Labute approximate surface area is 214 Å². The number of benzene rings is 2. The molecule has 7 nitrogen and oxygen atoms in total. The first kappa shape index (κ1) is 24.9. The molecule has 0 aliphatic carbocycles. The molecule has 38 heavy (non-hydrogen) atoms. The van der Waals surface area contributed by atoms with E-state index in [1.165, 1.54) is 15.2 Å². The number of fused-ring (bicyclic) bond motifs is 2. The molecule has 6 rings (SSSR count). The number of hydrogen-bond acceptors (Lipinski definition) is 4. The summed E-state index contributed by atoms with van der Waals surface area (Å²) < 4.78 is 73.2. The molecule has 4 aromatic rings. The van der Waals surface area contributed by atoms with Crippen LogP contribution in [0.4, 0.5) is 17.6 Å². The van der Waals surface area contributed by atoms with Gasteiger partial charge in [-0.2, -0.15) is 13.2 Å². The Morgan fingerprint density at radius 2 is 1.74 bits per heavy atom. The standard InChI is InChI=1S/C27H26F4N4O3/c1-33-23-12-17(11-19(16-5-9-38-10-6-16)24(23)34(2)26(33)36)35-22-14-20(28)18(15-3-7-37-8-4-15)13-21(22)32-25(35)27(29,30)31/h3,11-14,16H,4-10H2,1-2H3. The molecule has 0 radical (unpaired) electrons. The van der Waals surface area contributed by atoms with E-state index in [1.807, 2.05) is 0 Å². The van der Waals surface area contributed by atoms with Gasteiger partial charge in [0, 0.05) is 38.9 Å². The summed E-state index contributed by atoms with van der Waals surface area (Å²) in [7, 11) is 3.25. The van der Waals surface area contributed by atoms with E-state index in [1.54, 1.807) is 32.3 Å². The van der Waals surface area contributed by atoms with E-state index in [0.717, 1.165) is 16.2 Å². The lowest BCUT2D eigenvalue weighted by Crippen LogP contribution is -2.20. The van der Waals surface area contributed by atoms with Crippen molar-refractivity contribution in [2.75, 3.05) is 26.4 Å². The molecule has 2 aromatic heterocycles. The second-order valence-electron chi connectivity index (χ2n) is 9.83. The number of halogens is 4. The molecule has 2 aromatic carbocycles. The zero-order valence-corrected chi connectivity index (χ0v) is 20.9. The highest BCUT2D eigenvalue weighted by Crippen LogP contribution is 2.39. The van der Waals surface area contributed by atoms with E-state index in [2.05, 4.69) is 4.98 Å². The third kappa shape index (κ3) is 3.95. The fourth-order valence-corrected chi connectivity index (χ4v) is 5.69. The van der Waals surface area contributed by atoms with Gasteiger partial charge in [0.05, 0.1) is 41.0 Å². The number of rotatable bonds is 3. The Kier molecular flexibility index (Phi) is 5.95. The number of imidazole rings is 2. The fourth-order valence-electron chi connectivity index (χ4n) is 5.69. The summed E-state index contributed by atoms with van der Waals surface area (Å²) in [5.41, 5.74) is 2.77. The second-order valence-corrected chi connectivity index (χ2v) is 9.83. The summed E-state index contributed by atoms with van der Waals surface area (Å²) in [6.45, 7) is 1.78. The van der Waals surface area contributed by atoms with Crippen LogP contribution in [-0.2, 0) is 29.7 Å². The first-order valence-electron chi connectivity index (χ1n) is 12.5. The molecule has 0 saturated carbocycles. The molecule has 4 heterocycles. The summed E-state index contributed by atoms with van der Waals surface area (Å²) in [6.07, 6.45) is -1.25. The molecule has 2 aliphatic heterocycles. The Morgan fingerprint density at radius 1 is 0.974 bits per heavy atom. The average molecular weight is 531 g/mol. The van der Waals surface area contributed by atoms with Gasteiger partial charge in [-0.3, -0.25) is 13.7 Å². The van der Waals surface area contributed by atoms with Crippen molar-refractivity contribution in [3.63, 3.8) is 0 Å². The number of aromatic nitrogens is 4. The van der Waals surface area contributed by atoms with Crippen molar-refractivity contribution in [3.05, 3.63) is 63.6 Å². The van der Waals surface area contributed by atoms with Gasteiger partial charge in [-0.1, -0.05) is 6.08 Å². The van der Waals surface area contributed by atoms with Crippen molar-refractivity contribution in [1.82, 2.24) is 18.7 Å². The van der Waals surface area contributed by atoms with Gasteiger partial charge >= 0.3 is 11.9 Å². The van der Waals surface area contributed by atoms with E-state index < -0.39 is 17.8 Å². The Balaban J connectivity index is 1.64. The lowest BCUT2D eigenvalue weighted by Gasteiger charge is -2.24. The molecule has 11 heteroatoms. The normalized spacial score (nSPS) is 17.5. The largest absolute Gasteiger partial charge is 0.450 e. The molecule has 0 atom stereocenters. The molecule has 200 valence electrons. The van der Waals surface area contributed by atoms with Crippen molar-refractivity contribution in [2.24, 2.45) is 14.1 Å². The van der Waals surface area contributed by atoms with Crippen molar-refractivity contribution in [3.8, 4) is 5.69 Å². The lowest BCUT2D eigenvalue weighted by atomic mass is 9.90. The summed E-state index contributed by atoms with van der Waals surface area (Å²) in [5.74, 6) is -1.78. The molecule has 1 fully saturated rings. The monoisotopic (exact) mass is 530 g/mol. The van der Waals surface area contributed by atoms with Crippen LogP contribution in [0.5, 0.6) is 0 Å². The Bertz CT molecular complexity index is 1660. The maximum atomic E-state index is 15.4. The fraction of sp³-hybridized carbons (Fsp3) is 0.407. The van der Waals surface area contributed by atoms with Gasteiger partial charge in [-0.05, 0) is 54.5 Å². The third-order valence-corrected chi connectivity index (χ3v) is 7.60. The average Bonchev–Trinajstić information content (AvgIpc) is 3.39. The number of alkyl halides is 3. The summed E-state index contributed by atoms with van der Waals surface area (Å²) in [4.78, 5) is 16.8. The predicted octanol–water partition coefficient (Wildman–Crippen LogP) is 5.07. The van der Waals surface area contributed by atoms with E-state index in [-0.39, 0.29) is 33.9 Å². The van der Waals surface area contributed by atoms with Gasteiger partial charge in [0.15, 0.2) is 0 Å². The number of nitrogens with zero attached hydrogens (tertiary/aromatic N) is 4. The van der Waals surface area contributed by atoms with Gasteiger partial charge in [-0.15, -0.1) is 0 Å². The molecular weight excluding hydrogens is 504 g/mol. The maximum absolute atomic E-state index is 15.4. The van der Waals surface area contributed by atoms with E-state index in [4.69, 9.17) is 9.47 Å². The molecular formula is C27H26F4N4O3. The zero-order valence-electron chi connectivity index (χ0n) is 20.9. The molecule has 0 spiro atoms. The summed E-state index contributed by atoms with van der Waals surface area (Å²) in [6, 6.07) is 5.72. The molecule has 0 bridgehead atoms. The Morgan fingerprint density at radius 3 is 2.42 bits per heavy atom. The van der Waals surface area contributed by atoms with Crippen molar-refractivity contribution in [1.29, 1.82) is 0 Å². The molecule has 1 saturated heterocycles.